The number of nitrogens with zero attached hydrogens (tertiary/aromatic N) is 1. The molecule has 0 spiro atoms. The number of carboxylic acid groups (broad SMARTS) is 1. The molecule has 0 aromatic rings. The molecule has 0 aromatic heterocycles. The first-order valence-corrected chi connectivity index (χ1v) is 8.38. The summed E-state index contributed by atoms with van der Waals surface area (Å²) in [6.45, 7) is 3.97. The summed E-state index contributed by atoms with van der Waals surface area (Å²) in [5, 5.41) is 19.0. The van der Waals surface area contributed by atoms with Gasteiger partial charge in [0, 0.05) is 19.6 Å². The van der Waals surface area contributed by atoms with Gasteiger partial charge in [0.15, 0.2) is 0 Å². The molecule has 0 bridgehead atoms. The summed E-state index contributed by atoms with van der Waals surface area (Å²) < 4.78 is 27.9. The van der Waals surface area contributed by atoms with Gasteiger partial charge in [-0.05, 0) is 25.7 Å². The van der Waals surface area contributed by atoms with Gasteiger partial charge in [0.1, 0.15) is 0 Å². The van der Waals surface area contributed by atoms with Gasteiger partial charge in [-0.2, -0.15) is 17.4 Å². The predicted octanol–water partition coefficient (Wildman–Crippen LogP) is 0.169. The lowest BCUT2D eigenvalue weighted by atomic mass is 9.98. The maximum Gasteiger partial charge on any atom is 0.306 e. The predicted molar refractivity (Wildman–Crippen MR) is 74.4 cm³/mol. The second kappa shape index (κ2) is 6.84. The number of carboxylic acids is 1. The number of hydrogen-bond donors (Lipinski definition) is 3. The summed E-state index contributed by atoms with van der Waals surface area (Å²) >= 11 is 0. The third kappa shape index (κ3) is 4.41. The van der Waals surface area contributed by atoms with E-state index in [1.807, 2.05) is 0 Å². The van der Waals surface area contributed by atoms with Crippen LogP contribution in [0, 0.1) is 5.92 Å². The fourth-order valence-electron chi connectivity index (χ4n) is 2.16. The molecular weight excluding hydrogens is 284 g/mol. The molecule has 0 atom stereocenters. The van der Waals surface area contributed by atoms with E-state index in [9.17, 15) is 18.3 Å². The zero-order chi connectivity index (χ0) is 15.4. The van der Waals surface area contributed by atoms with Gasteiger partial charge >= 0.3 is 5.97 Å². The first-order chi connectivity index (χ1) is 9.24. The van der Waals surface area contributed by atoms with E-state index in [0.717, 1.165) is 0 Å². The summed E-state index contributed by atoms with van der Waals surface area (Å²) in [5.74, 6) is -1.34. The molecule has 0 saturated carbocycles. The summed E-state index contributed by atoms with van der Waals surface area (Å²) in [5.41, 5.74) is -1.04. The van der Waals surface area contributed by atoms with E-state index in [1.165, 1.54) is 4.31 Å². The highest BCUT2D eigenvalue weighted by Crippen LogP contribution is 2.20. The van der Waals surface area contributed by atoms with Gasteiger partial charge in [-0.15, -0.1) is 0 Å². The maximum absolute atomic E-state index is 12.1. The van der Waals surface area contributed by atoms with Crippen LogP contribution in [0.25, 0.3) is 0 Å². The topological polar surface area (TPSA) is 107 Å². The summed E-state index contributed by atoms with van der Waals surface area (Å²) in [4.78, 5) is 10.8. The van der Waals surface area contributed by atoms with Crippen molar-refractivity contribution in [1.29, 1.82) is 0 Å². The van der Waals surface area contributed by atoms with Crippen LogP contribution < -0.4 is 4.72 Å². The largest absolute Gasteiger partial charge is 0.481 e. The van der Waals surface area contributed by atoms with E-state index in [0.29, 0.717) is 25.7 Å². The van der Waals surface area contributed by atoms with Crippen molar-refractivity contribution in [2.45, 2.75) is 45.1 Å². The van der Waals surface area contributed by atoms with Crippen LogP contribution >= 0.6 is 0 Å². The molecule has 1 saturated heterocycles. The van der Waals surface area contributed by atoms with Crippen molar-refractivity contribution in [3.63, 3.8) is 0 Å². The second-order valence-electron chi connectivity index (χ2n) is 5.27. The summed E-state index contributed by atoms with van der Waals surface area (Å²) in [6, 6.07) is 0. The number of carbonyl (C=O) groups is 1. The van der Waals surface area contributed by atoms with Gasteiger partial charge in [-0.1, -0.05) is 13.8 Å². The van der Waals surface area contributed by atoms with Crippen molar-refractivity contribution in [3.05, 3.63) is 0 Å². The van der Waals surface area contributed by atoms with Crippen LogP contribution in [-0.4, -0.2) is 54.1 Å². The zero-order valence-corrected chi connectivity index (χ0v) is 12.8. The number of piperidine rings is 1. The average Bonchev–Trinajstić information content (AvgIpc) is 2.45. The highest BCUT2D eigenvalue weighted by Gasteiger charge is 2.32. The van der Waals surface area contributed by atoms with Gasteiger partial charge in [-0.3, -0.25) is 4.79 Å². The first kappa shape index (κ1) is 17.4. The van der Waals surface area contributed by atoms with Crippen LogP contribution in [0.3, 0.4) is 0 Å². The van der Waals surface area contributed by atoms with E-state index < -0.39 is 27.7 Å². The van der Waals surface area contributed by atoms with Crippen molar-refractivity contribution in [2.24, 2.45) is 5.92 Å². The minimum Gasteiger partial charge on any atom is -0.481 e. The normalized spacial score (nSPS) is 19.1. The van der Waals surface area contributed by atoms with Gasteiger partial charge in [-0.25, -0.2) is 0 Å². The molecule has 1 aliphatic rings. The fraction of sp³-hybridized carbons (Fsp3) is 0.917. The molecule has 20 heavy (non-hydrogen) atoms. The van der Waals surface area contributed by atoms with Crippen molar-refractivity contribution in [1.82, 2.24) is 9.03 Å². The quantitative estimate of drug-likeness (QED) is 0.621. The van der Waals surface area contributed by atoms with Gasteiger partial charge in [0.2, 0.25) is 0 Å². The molecule has 3 N–H and O–H groups in total. The highest BCUT2D eigenvalue weighted by atomic mass is 32.2. The Balaban J connectivity index is 2.56. The molecule has 0 radical (unpaired) electrons. The standard InChI is InChI=1S/C12H24N2O5S/c1-3-12(17,4-2)9-13-20(18,19)14-7-5-10(6-8-14)11(15)16/h10,13,17H,3-9H2,1-2H3,(H,15,16). The fourth-order valence-corrected chi connectivity index (χ4v) is 3.49. The van der Waals surface area contributed by atoms with Crippen LogP contribution in [0.15, 0.2) is 0 Å². The molecule has 0 amide bonds. The Labute approximate surface area is 120 Å². The van der Waals surface area contributed by atoms with Gasteiger partial charge < -0.3 is 10.2 Å². The number of aliphatic hydroxyl groups is 1. The molecule has 8 heteroatoms. The molecule has 1 fully saturated rings. The lowest BCUT2D eigenvalue weighted by molar-refractivity contribution is -0.142. The lowest BCUT2D eigenvalue weighted by Gasteiger charge is -2.31. The maximum atomic E-state index is 12.1. The van der Waals surface area contributed by atoms with Crippen molar-refractivity contribution >= 4 is 16.2 Å². The highest BCUT2D eigenvalue weighted by molar-refractivity contribution is 7.87. The number of nitrogens with one attached hydrogen (secondary N) is 1. The molecule has 1 rings (SSSR count). The van der Waals surface area contributed by atoms with E-state index in [1.54, 1.807) is 13.8 Å². The molecule has 0 unspecified atom stereocenters. The Hall–Kier alpha value is -0.700. The molecule has 1 heterocycles. The van der Waals surface area contributed by atoms with Crippen LogP contribution in [0.5, 0.6) is 0 Å². The van der Waals surface area contributed by atoms with Gasteiger partial charge in [0.05, 0.1) is 11.5 Å². The van der Waals surface area contributed by atoms with Crippen LogP contribution in [0.4, 0.5) is 0 Å². The van der Waals surface area contributed by atoms with Gasteiger partial charge in [0.25, 0.3) is 10.2 Å². The average molecular weight is 308 g/mol. The minimum absolute atomic E-state index is 0.0266. The zero-order valence-electron chi connectivity index (χ0n) is 12.0. The van der Waals surface area contributed by atoms with Crippen molar-refractivity contribution in [3.8, 4) is 0 Å². The van der Waals surface area contributed by atoms with Crippen LogP contribution in [0.2, 0.25) is 0 Å². The molecule has 0 aliphatic carbocycles. The SMILES string of the molecule is CCC(O)(CC)CNS(=O)(=O)N1CCC(C(=O)O)CC1. The summed E-state index contributed by atoms with van der Waals surface area (Å²) in [6.07, 6.45) is 1.57. The minimum atomic E-state index is -3.66. The van der Waals surface area contributed by atoms with E-state index >= 15 is 0 Å². The Morgan fingerprint density at radius 2 is 1.80 bits per heavy atom. The molecule has 118 valence electrons. The molecule has 1 aliphatic heterocycles. The van der Waals surface area contributed by atoms with Crippen LogP contribution in [0.1, 0.15) is 39.5 Å². The van der Waals surface area contributed by atoms with E-state index in [-0.39, 0.29) is 19.6 Å². The Morgan fingerprint density at radius 3 is 2.20 bits per heavy atom. The third-order valence-corrected chi connectivity index (χ3v) is 5.60. The lowest BCUT2D eigenvalue weighted by Crippen LogP contribution is -2.50. The third-order valence-electron chi connectivity index (χ3n) is 4.04. The van der Waals surface area contributed by atoms with E-state index in [4.69, 9.17) is 5.11 Å². The van der Waals surface area contributed by atoms with Crippen LogP contribution in [-0.2, 0) is 15.0 Å². The molecular formula is C12H24N2O5S. The molecule has 7 nitrogen and oxygen atoms in total. The monoisotopic (exact) mass is 308 g/mol. The molecule has 0 aromatic carbocycles. The Morgan fingerprint density at radius 1 is 1.30 bits per heavy atom. The number of aliphatic carboxylic acids is 1. The Kier molecular flexibility index (Phi) is 5.93. The number of rotatable bonds is 7. The smallest absolute Gasteiger partial charge is 0.306 e. The second-order valence-corrected chi connectivity index (χ2v) is 7.02. The Bertz CT molecular complexity index is 425. The van der Waals surface area contributed by atoms with Crippen molar-refractivity contribution in [2.75, 3.05) is 19.6 Å². The number of hydrogen-bond acceptors (Lipinski definition) is 4. The summed E-state index contributed by atoms with van der Waals surface area (Å²) in [7, 11) is -3.66. The van der Waals surface area contributed by atoms with E-state index in [2.05, 4.69) is 4.72 Å². The van der Waals surface area contributed by atoms with Crippen molar-refractivity contribution < 1.29 is 23.4 Å². The first-order valence-electron chi connectivity index (χ1n) is 6.94.